The molecule has 1 aromatic heterocycles. The van der Waals surface area contributed by atoms with Crippen LogP contribution >= 0.6 is 23.2 Å². The van der Waals surface area contributed by atoms with E-state index in [0.29, 0.717) is 34.1 Å². The summed E-state index contributed by atoms with van der Waals surface area (Å²) in [5.74, 6) is -0.871. The fraction of sp³-hybridized carbons (Fsp3) is 0.333. The molecule has 0 unspecified atom stereocenters. The smallest absolute Gasteiger partial charge is 0.326 e. The van der Waals surface area contributed by atoms with Gasteiger partial charge < -0.3 is 14.4 Å². The molecule has 1 aliphatic heterocycles. The number of nitrogens with zero attached hydrogens (tertiary/aromatic N) is 2. The normalized spacial score (nSPS) is 19.3. The summed E-state index contributed by atoms with van der Waals surface area (Å²) in [7, 11) is 0. The van der Waals surface area contributed by atoms with Crippen molar-refractivity contribution in [1.29, 1.82) is 0 Å². The molecule has 1 atom stereocenters. The number of halogens is 2. The molecule has 0 bridgehead atoms. The lowest BCUT2D eigenvalue weighted by molar-refractivity contribution is -0.138. The molecule has 3 rings (SSSR count). The quantitative estimate of drug-likeness (QED) is 0.922. The van der Waals surface area contributed by atoms with Gasteiger partial charge in [-0.1, -0.05) is 23.2 Å². The summed E-state index contributed by atoms with van der Waals surface area (Å²) in [6.45, 7) is 0.606. The molecule has 19 heavy (non-hydrogen) atoms. The molecule has 1 N–H and O–H groups in total. The van der Waals surface area contributed by atoms with E-state index >= 15 is 0 Å². The van der Waals surface area contributed by atoms with E-state index in [0.717, 1.165) is 6.42 Å². The van der Waals surface area contributed by atoms with Crippen molar-refractivity contribution in [1.82, 2.24) is 4.98 Å². The van der Waals surface area contributed by atoms with Gasteiger partial charge in [0.05, 0.1) is 5.02 Å². The van der Waals surface area contributed by atoms with Crippen LogP contribution in [0.3, 0.4) is 0 Å². The largest absolute Gasteiger partial charge is 0.480 e. The standard InChI is InChI=1S/C12H10Cl2N2O3/c13-6-4-7(14)10-8(5-6)15-12(19-10)16-3-1-2-9(16)11(17)18/h4-5,9H,1-3H2,(H,17,18)/t9-/m1/s1. The molecule has 7 heteroatoms. The number of hydrogen-bond acceptors (Lipinski definition) is 4. The van der Waals surface area contributed by atoms with Gasteiger partial charge in [-0.3, -0.25) is 0 Å². The molecule has 1 saturated heterocycles. The summed E-state index contributed by atoms with van der Waals surface area (Å²) in [5.41, 5.74) is 0.959. The summed E-state index contributed by atoms with van der Waals surface area (Å²) < 4.78 is 5.58. The molecule has 0 radical (unpaired) electrons. The second-order valence-corrected chi connectivity index (χ2v) is 5.27. The molecule has 1 fully saturated rings. The Bertz CT molecular complexity index is 656. The maximum absolute atomic E-state index is 11.2. The van der Waals surface area contributed by atoms with Gasteiger partial charge in [-0.25, -0.2) is 4.79 Å². The van der Waals surface area contributed by atoms with E-state index in [2.05, 4.69) is 4.98 Å². The van der Waals surface area contributed by atoms with E-state index in [1.807, 2.05) is 0 Å². The van der Waals surface area contributed by atoms with Crippen LogP contribution in [-0.4, -0.2) is 28.6 Å². The Balaban J connectivity index is 2.06. The molecule has 2 heterocycles. The Morgan fingerprint density at radius 1 is 1.47 bits per heavy atom. The van der Waals surface area contributed by atoms with Gasteiger partial charge in [0, 0.05) is 11.6 Å². The molecule has 1 aromatic carbocycles. The highest BCUT2D eigenvalue weighted by Crippen LogP contribution is 2.33. The van der Waals surface area contributed by atoms with Crippen molar-refractivity contribution in [2.45, 2.75) is 18.9 Å². The minimum Gasteiger partial charge on any atom is -0.480 e. The van der Waals surface area contributed by atoms with Crippen molar-refractivity contribution in [3.05, 3.63) is 22.2 Å². The van der Waals surface area contributed by atoms with Gasteiger partial charge in [0.25, 0.3) is 6.01 Å². The average molecular weight is 301 g/mol. The highest BCUT2D eigenvalue weighted by atomic mass is 35.5. The Kier molecular flexibility index (Phi) is 3.03. The summed E-state index contributed by atoms with van der Waals surface area (Å²) in [6.07, 6.45) is 1.38. The third-order valence-electron chi connectivity index (χ3n) is 3.18. The minimum absolute atomic E-state index is 0.282. The van der Waals surface area contributed by atoms with Crippen LogP contribution < -0.4 is 4.90 Å². The lowest BCUT2D eigenvalue weighted by Crippen LogP contribution is -2.36. The maximum atomic E-state index is 11.2. The van der Waals surface area contributed by atoms with Gasteiger partial charge in [0.1, 0.15) is 11.6 Å². The number of fused-ring (bicyclic) bond motifs is 1. The second-order valence-electron chi connectivity index (χ2n) is 4.42. The highest BCUT2D eigenvalue weighted by molar-refractivity contribution is 6.38. The Hall–Kier alpha value is -1.46. The van der Waals surface area contributed by atoms with Crippen molar-refractivity contribution >= 4 is 46.3 Å². The van der Waals surface area contributed by atoms with Crippen LogP contribution in [0.1, 0.15) is 12.8 Å². The SMILES string of the molecule is O=C(O)[C@H]1CCCN1c1nc2cc(Cl)cc(Cl)c2o1. The Morgan fingerprint density at radius 2 is 2.26 bits per heavy atom. The maximum Gasteiger partial charge on any atom is 0.326 e. The lowest BCUT2D eigenvalue weighted by atomic mass is 10.2. The molecular formula is C12H10Cl2N2O3. The molecule has 100 valence electrons. The summed E-state index contributed by atoms with van der Waals surface area (Å²) in [5, 5.41) is 9.99. The van der Waals surface area contributed by atoms with Crippen LogP contribution in [0, 0.1) is 0 Å². The Labute approximate surface area is 118 Å². The molecule has 0 spiro atoms. The fourth-order valence-electron chi connectivity index (χ4n) is 2.32. The third-order valence-corrected chi connectivity index (χ3v) is 3.68. The number of hydrogen-bond donors (Lipinski definition) is 1. The van der Waals surface area contributed by atoms with Crippen LogP contribution in [0.4, 0.5) is 6.01 Å². The summed E-state index contributed by atoms with van der Waals surface area (Å²) in [4.78, 5) is 17.1. The zero-order valence-electron chi connectivity index (χ0n) is 9.77. The molecule has 0 aliphatic carbocycles. The predicted molar refractivity (Wildman–Crippen MR) is 72.0 cm³/mol. The number of rotatable bonds is 2. The summed E-state index contributed by atoms with van der Waals surface area (Å²) in [6, 6.07) is 2.90. The van der Waals surface area contributed by atoms with Gasteiger partial charge in [-0.2, -0.15) is 4.98 Å². The van der Waals surface area contributed by atoms with E-state index in [1.165, 1.54) is 0 Å². The first kappa shape index (κ1) is 12.6. The second kappa shape index (κ2) is 4.58. The van der Waals surface area contributed by atoms with Gasteiger partial charge in [-0.15, -0.1) is 0 Å². The van der Waals surface area contributed by atoms with E-state index in [4.69, 9.17) is 32.7 Å². The predicted octanol–water partition coefficient (Wildman–Crippen LogP) is 3.19. The highest BCUT2D eigenvalue weighted by Gasteiger charge is 2.33. The van der Waals surface area contributed by atoms with Gasteiger partial charge >= 0.3 is 5.97 Å². The first-order valence-electron chi connectivity index (χ1n) is 5.81. The molecule has 0 saturated carbocycles. The molecule has 0 amide bonds. The number of carboxylic acids is 1. The van der Waals surface area contributed by atoms with E-state index in [-0.39, 0.29) is 6.01 Å². The van der Waals surface area contributed by atoms with Crippen LogP contribution in [0.15, 0.2) is 16.5 Å². The zero-order valence-corrected chi connectivity index (χ0v) is 11.3. The van der Waals surface area contributed by atoms with Crippen LogP contribution in [-0.2, 0) is 4.79 Å². The number of carbonyl (C=O) groups is 1. The number of aromatic nitrogens is 1. The van der Waals surface area contributed by atoms with Crippen LogP contribution in [0.2, 0.25) is 10.0 Å². The summed E-state index contributed by atoms with van der Waals surface area (Å²) >= 11 is 11.9. The lowest BCUT2D eigenvalue weighted by Gasteiger charge is -2.18. The molecule has 2 aromatic rings. The van der Waals surface area contributed by atoms with Crippen molar-refractivity contribution in [2.24, 2.45) is 0 Å². The molecule has 5 nitrogen and oxygen atoms in total. The van der Waals surface area contributed by atoms with Crippen LogP contribution in [0.5, 0.6) is 0 Å². The number of oxazole rings is 1. The van der Waals surface area contributed by atoms with E-state index < -0.39 is 12.0 Å². The number of carboxylic acid groups (broad SMARTS) is 1. The number of benzene rings is 1. The molecule has 1 aliphatic rings. The third kappa shape index (κ3) is 2.13. The fourth-order valence-corrected chi connectivity index (χ4v) is 2.84. The Morgan fingerprint density at radius 3 is 3.00 bits per heavy atom. The van der Waals surface area contributed by atoms with Crippen LogP contribution in [0.25, 0.3) is 11.1 Å². The van der Waals surface area contributed by atoms with Gasteiger partial charge in [0.2, 0.25) is 0 Å². The minimum atomic E-state index is -0.871. The molecular weight excluding hydrogens is 291 g/mol. The number of anilines is 1. The topological polar surface area (TPSA) is 66.6 Å². The monoisotopic (exact) mass is 300 g/mol. The first-order chi connectivity index (χ1) is 9.06. The van der Waals surface area contributed by atoms with Crippen molar-refractivity contribution in [2.75, 3.05) is 11.4 Å². The number of aliphatic carboxylic acids is 1. The van der Waals surface area contributed by atoms with Crippen molar-refractivity contribution < 1.29 is 14.3 Å². The average Bonchev–Trinajstić information content (AvgIpc) is 2.92. The zero-order chi connectivity index (χ0) is 13.6. The van der Waals surface area contributed by atoms with Gasteiger partial charge in [0.15, 0.2) is 5.58 Å². The van der Waals surface area contributed by atoms with Crippen molar-refractivity contribution in [3.8, 4) is 0 Å². The van der Waals surface area contributed by atoms with E-state index in [1.54, 1.807) is 17.0 Å². The van der Waals surface area contributed by atoms with E-state index in [9.17, 15) is 4.79 Å². The first-order valence-corrected chi connectivity index (χ1v) is 6.57. The van der Waals surface area contributed by atoms with Gasteiger partial charge in [-0.05, 0) is 25.0 Å². The van der Waals surface area contributed by atoms with Crippen molar-refractivity contribution in [3.63, 3.8) is 0 Å².